The van der Waals surface area contributed by atoms with Crippen LogP contribution in [0.3, 0.4) is 0 Å². The summed E-state index contributed by atoms with van der Waals surface area (Å²) >= 11 is 3.36. The van der Waals surface area contributed by atoms with Gasteiger partial charge in [0, 0.05) is 23.1 Å². The molecule has 5 heteroatoms. The predicted octanol–water partition coefficient (Wildman–Crippen LogP) is 4.21. The Bertz CT molecular complexity index is 642. The van der Waals surface area contributed by atoms with Gasteiger partial charge in [-0.2, -0.15) is 0 Å². The molecule has 0 aliphatic carbocycles. The van der Waals surface area contributed by atoms with E-state index in [0.29, 0.717) is 13.0 Å². The van der Waals surface area contributed by atoms with Crippen molar-refractivity contribution in [2.75, 3.05) is 24.3 Å². The molecule has 2 aromatic carbocycles. The number of halogens is 1. The van der Waals surface area contributed by atoms with E-state index in [4.69, 9.17) is 4.74 Å². The molecule has 0 fully saturated rings. The highest BCUT2D eigenvalue weighted by atomic mass is 79.9. The molecule has 0 heterocycles. The number of amides is 1. The van der Waals surface area contributed by atoms with Crippen LogP contribution in [0.5, 0.6) is 5.75 Å². The number of rotatable bonds is 6. The van der Waals surface area contributed by atoms with E-state index in [1.807, 2.05) is 49.4 Å². The van der Waals surface area contributed by atoms with Gasteiger partial charge in [0.15, 0.2) is 0 Å². The number of benzene rings is 2. The number of carbonyl (C=O) groups is 1. The zero-order valence-corrected chi connectivity index (χ0v) is 14.2. The normalized spacial score (nSPS) is 10.1. The van der Waals surface area contributed by atoms with Gasteiger partial charge in [-0.3, -0.25) is 4.79 Å². The van der Waals surface area contributed by atoms with Crippen molar-refractivity contribution in [2.24, 2.45) is 0 Å². The lowest BCUT2D eigenvalue weighted by Crippen LogP contribution is -2.16. The van der Waals surface area contributed by atoms with E-state index in [1.165, 1.54) is 0 Å². The molecule has 0 aliphatic heterocycles. The van der Waals surface area contributed by atoms with Gasteiger partial charge in [0.2, 0.25) is 5.91 Å². The zero-order chi connectivity index (χ0) is 15.9. The maximum absolute atomic E-state index is 11.9. The predicted molar refractivity (Wildman–Crippen MR) is 93.6 cm³/mol. The minimum atomic E-state index is -0.0264. The fraction of sp³-hybridized carbons (Fsp3) is 0.235. The van der Waals surface area contributed by atoms with Crippen molar-refractivity contribution in [1.82, 2.24) is 0 Å². The van der Waals surface area contributed by atoms with Crippen LogP contribution in [0.25, 0.3) is 0 Å². The Kier molecular flexibility index (Phi) is 5.83. The molecule has 0 spiro atoms. The molecule has 0 radical (unpaired) electrons. The number of carbonyl (C=O) groups excluding carboxylic acids is 1. The summed E-state index contributed by atoms with van der Waals surface area (Å²) in [6, 6.07) is 13.4. The standard InChI is InChI=1S/C17H19BrN2O2/c1-12-3-8-16(22-2)15(11-12)19-10-9-17(21)20-14-6-4-13(18)5-7-14/h3-8,11,19H,9-10H2,1-2H3,(H,20,21). The van der Waals surface area contributed by atoms with Gasteiger partial charge < -0.3 is 15.4 Å². The Morgan fingerprint density at radius 3 is 2.59 bits per heavy atom. The second-order valence-electron chi connectivity index (χ2n) is 4.94. The van der Waals surface area contributed by atoms with Crippen molar-refractivity contribution < 1.29 is 9.53 Å². The van der Waals surface area contributed by atoms with E-state index in [0.717, 1.165) is 27.2 Å². The van der Waals surface area contributed by atoms with Crippen molar-refractivity contribution >= 4 is 33.2 Å². The third-order valence-electron chi connectivity index (χ3n) is 3.15. The van der Waals surface area contributed by atoms with Crippen molar-refractivity contribution in [3.63, 3.8) is 0 Å². The molecule has 0 unspecified atom stereocenters. The van der Waals surface area contributed by atoms with Gasteiger partial charge in [-0.15, -0.1) is 0 Å². The highest BCUT2D eigenvalue weighted by molar-refractivity contribution is 9.10. The molecule has 116 valence electrons. The van der Waals surface area contributed by atoms with Gasteiger partial charge >= 0.3 is 0 Å². The van der Waals surface area contributed by atoms with Gasteiger partial charge in [-0.05, 0) is 48.9 Å². The Morgan fingerprint density at radius 1 is 1.18 bits per heavy atom. The average Bonchev–Trinajstić information content (AvgIpc) is 2.50. The molecule has 2 N–H and O–H groups in total. The lowest BCUT2D eigenvalue weighted by molar-refractivity contribution is -0.115. The minimum absolute atomic E-state index is 0.0264. The van der Waals surface area contributed by atoms with Crippen molar-refractivity contribution in [2.45, 2.75) is 13.3 Å². The highest BCUT2D eigenvalue weighted by Crippen LogP contribution is 2.25. The van der Waals surface area contributed by atoms with E-state index >= 15 is 0 Å². The number of methoxy groups -OCH3 is 1. The molecule has 2 rings (SSSR count). The monoisotopic (exact) mass is 362 g/mol. The number of anilines is 2. The summed E-state index contributed by atoms with van der Waals surface area (Å²) in [7, 11) is 1.64. The molecule has 4 nitrogen and oxygen atoms in total. The van der Waals surface area contributed by atoms with Crippen LogP contribution in [-0.4, -0.2) is 19.6 Å². The highest BCUT2D eigenvalue weighted by Gasteiger charge is 2.05. The smallest absolute Gasteiger partial charge is 0.226 e. The van der Waals surface area contributed by atoms with Gasteiger partial charge in [-0.1, -0.05) is 22.0 Å². The summed E-state index contributed by atoms with van der Waals surface area (Å²) in [5.74, 6) is 0.750. The summed E-state index contributed by atoms with van der Waals surface area (Å²) < 4.78 is 6.28. The molecular weight excluding hydrogens is 344 g/mol. The van der Waals surface area contributed by atoms with E-state index in [-0.39, 0.29) is 5.91 Å². The Balaban J connectivity index is 1.84. The molecular formula is C17H19BrN2O2. The summed E-state index contributed by atoms with van der Waals surface area (Å²) in [5, 5.41) is 6.10. The largest absolute Gasteiger partial charge is 0.495 e. The number of nitrogens with one attached hydrogen (secondary N) is 2. The SMILES string of the molecule is COc1ccc(C)cc1NCCC(=O)Nc1ccc(Br)cc1. The molecule has 0 atom stereocenters. The van der Waals surface area contributed by atoms with Crippen LogP contribution in [0, 0.1) is 6.92 Å². The first-order chi connectivity index (χ1) is 10.6. The van der Waals surface area contributed by atoms with E-state index in [1.54, 1.807) is 7.11 Å². The lowest BCUT2D eigenvalue weighted by atomic mass is 10.2. The first kappa shape index (κ1) is 16.4. The van der Waals surface area contributed by atoms with Crippen LogP contribution >= 0.6 is 15.9 Å². The molecule has 0 aromatic heterocycles. The van der Waals surface area contributed by atoms with Crippen molar-refractivity contribution in [3.8, 4) is 5.75 Å². The van der Waals surface area contributed by atoms with Gasteiger partial charge in [0.1, 0.15) is 5.75 Å². The number of hydrogen-bond donors (Lipinski definition) is 2. The molecule has 0 bridgehead atoms. The van der Waals surface area contributed by atoms with E-state index in [2.05, 4.69) is 26.6 Å². The quantitative estimate of drug-likeness (QED) is 0.809. The minimum Gasteiger partial charge on any atom is -0.495 e. The number of aryl methyl sites for hydroxylation is 1. The summed E-state index contributed by atoms with van der Waals surface area (Å²) in [6.07, 6.45) is 0.382. The van der Waals surface area contributed by atoms with Crippen LogP contribution in [0.4, 0.5) is 11.4 Å². The zero-order valence-electron chi connectivity index (χ0n) is 12.7. The maximum Gasteiger partial charge on any atom is 0.226 e. The summed E-state index contributed by atoms with van der Waals surface area (Å²) in [4.78, 5) is 11.9. The molecule has 0 aliphatic rings. The summed E-state index contributed by atoms with van der Waals surface area (Å²) in [6.45, 7) is 2.56. The van der Waals surface area contributed by atoms with Gasteiger partial charge in [0.25, 0.3) is 0 Å². The van der Waals surface area contributed by atoms with Crippen LogP contribution < -0.4 is 15.4 Å². The molecule has 1 amide bonds. The van der Waals surface area contributed by atoms with Crippen LogP contribution in [-0.2, 0) is 4.79 Å². The average molecular weight is 363 g/mol. The molecule has 0 saturated heterocycles. The second-order valence-corrected chi connectivity index (χ2v) is 5.85. The van der Waals surface area contributed by atoms with E-state index in [9.17, 15) is 4.79 Å². The third kappa shape index (κ3) is 4.77. The molecule has 0 saturated carbocycles. The summed E-state index contributed by atoms with van der Waals surface area (Å²) in [5.41, 5.74) is 2.84. The Hall–Kier alpha value is -2.01. The topological polar surface area (TPSA) is 50.4 Å². The molecule has 22 heavy (non-hydrogen) atoms. The van der Waals surface area contributed by atoms with Crippen molar-refractivity contribution in [3.05, 3.63) is 52.5 Å². The fourth-order valence-electron chi connectivity index (χ4n) is 2.03. The van der Waals surface area contributed by atoms with Crippen LogP contribution in [0.15, 0.2) is 46.9 Å². The van der Waals surface area contributed by atoms with Crippen LogP contribution in [0.1, 0.15) is 12.0 Å². The number of ether oxygens (including phenoxy) is 1. The molecule has 2 aromatic rings. The number of hydrogen-bond acceptors (Lipinski definition) is 3. The Labute approximate surface area is 139 Å². The van der Waals surface area contributed by atoms with Gasteiger partial charge in [0.05, 0.1) is 12.8 Å². The fourth-order valence-corrected chi connectivity index (χ4v) is 2.29. The maximum atomic E-state index is 11.9. The second kappa shape index (κ2) is 7.84. The Morgan fingerprint density at radius 2 is 1.91 bits per heavy atom. The van der Waals surface area contributed by atoms with Gasteiger partial charge in [-0.25, -0.2) is 0 Å². The van der Waals surface area contributed by atoms with Crippen LogP contribution in [0.2, 0.25) is 0 Å². The van der Waals surface area contributed by atoms with E-state index < -0.39 is 0 Å². The first-order valence-electron chi connectivity index (χ1n) is 7.02. The third-order valence-corrected chi connectivity index (χ3v) is 3.68. The van der Waals surface area contributed by atoms with Crippen molar-refractivity contribution in [1.29, 1.82) is 0 Å². The lowest BCUT2D eigenvalue weighted by Gasteiger charge is -2.12. The first-order valence-corrected chi connectivity index (χ1v) is 7.81.